The zero-order valence-corrected chi connectivity index (χ0v) is 10.6. The molecule has 0 fully saturated rings. The van der Waals surface area contributed by atoms with Gasteiger partial charge in [-0.1, -0.05) is 0 Å². The first kappa shape index (κ1) is 12.3. The Morgan fingerprint density at radius 1 is 1.17 bits per heavy atom. The van der Waals surface area contributed by atoms with Crippen molar-refractivity contribution in [1.29, 1.82) is 0 Å². The number of anilines is 3. The molecular weight excluding hydrogens is 231 g/mol. The third kappa shape index (κ3) is 2.74. The first-order chi connectivity index (χ1) is 8.56. The highest BCUT2D eigenvalue weighted by Crippen LogP contribution is 2.18. The van der Waals surface area contributed by atoms with Gasteiger partial charge in [-0.05, 0) is 31.2 Å². The molecule has 0 aliphatic heterocycles. The summed E-state index contributed by atoms with van der Waals surface area (Å²) in [5, 5.41) is 3.04. The van der Waals surface area contributed by atoms with E-state index in [9.17, 15) is 4.39 Å². The van der Waals surface area contributed by atoms with E-state index in [2.05, 4.69) is 15.3 Å². The molecule has 0 radical (unpaired) electrons. The molecule has 94 valence electrons. The summed E-state index contributed by atoms with van der Waals surface area (Å²) >= 11 is 0. The number of nitrogens with zero attached hydrogens (tertiary/aromatic N) is 3. The number of nitrogens with one attached hydrogen (secondary N) is 1. The number of hydrogen-bond acceptors (Lipinski definition) is 4. The van der Waals surface area contributed by atoms with Crippen LogP contribution in [0.5, 0.6) is 0 Å². The maximum absolute atomic E-state index is 12.8. The zero-order valence-electron chi connectivity index (χ0n) is 10.6. The zero-order chi connectivity index (χ0) is 13.1. The maximum Gasteiger partial charge on any atom is 0.229 e. The molecule has 2 aromatic rings. The summed E-state index contributed by atoms with van der Waals surface area (Å²) in [7, 11) is 3.86. The third-order valence-corrected chi connectivity index (χ3v) is 2.47. The van der Waals surface area contributed by atoms with E-state index < -0.39 is 0 Å². The predicted molar refractivity (Wildman–Crippen MR) is 70.8 cm³/mol. The SMILES string of the molecule is Cc1cnc(Nc2ccc(F)cc2)nc1N(C)C. The molecule has 0 unspecified atom stereocenters. The van der Waals surface area contributed by atoms with Crippen LogP contribution in [0.25, 0.3) is 0 Å². The molecule has 18 heavy (non-hydrogen) atoms. The Balaban J connectivity index is 2.24. The van der Waals surface area contributed by atoms with Crippen LogP contribution in [0.3, 0.4) is 0 Å². The van der Waals surface area contributed by atoms with Crippen molar-refractivity contribution in [2.45, 2.75) is 6.92 Å². The number of halogens is 1. The molecule has 0 aliphatic rings. The summed E-state index contributed by atoms with van der Waals surface area (Å²) in [6.07, 6.45) is 1.76. The van der Waals surface area contributed by atoms with Crippen molar-refractivity contribution >= 4 is 17.5 Å². The maximum atomic E-state index is 12.8. The highest BCUT2D eigenvalue weighted by Gasteiger charge is 2.05. The molecule has 0 amide bonds. The summed E-state index contributed by atoms with van der Waals surface area (Å²) in [5.41, 5.74) is 1.76. The Labute approximate surface area is 105 Å². The molecule has 5 heteroatoms. The van der Waals surface area contributed by atoms with Crippen molar-refractivity contribution in [3.8, 4) is 0 Å². The van der Waals surface area contributed by atoms with E-state index in [0.29, 0.717) is 5.95 Å². The molecular formula is C13H15FN4. The average molecular weight is 246 g/mol. The van der Waals surface area contributed by atoms with Crippen molar-refractivity contribution in [1.82, 2.24) is 9.97 Å². The van der Waals surface area contributed by atoms with Gasteiger partial charge in [0.05, 0.1) is 0 Å². The summed E-state index contributed by atoms with van der Waals surface area (Å²) in [5.74, 6) is 1.09. The van der Waals surface area contributed by atoms with Crippen LogP contribution < -0.4 is 10.2 Å². The van der Waals surface area contributed by atoms with Crippen molar-refractivity contribution in [2.24, 2.45) is 0 Å². The van der Waals surface area contributed by atoms with Crippen LogP contribution in [0.1, 0.15) is 5.56 Å². The number of aromatic nitrogens is 2. The average Bonchev–Trinajstić information content (AvgIpc) is 2.34. The molecule has 0 saturated carbocycles. The van der Waals surface area contributed by atoms with Gasteiger partial charge in [-0.3, -0.25) is 0 Å². The molecule has 0 spiro atoms. The Bertz CT molecular complexity index is 537. The van der Waals surface area contributed by atoms with E-state index in [0.717, 1.165) is 17.1 Å². The number of rotatable bonds is 3. The van der Waals surface area contributed by atoms with Gasteiger partial charge in [0.2, 0.25) is 5.95 Å². The normalized spacial score (nSPS) is 10.2. The van der Waals surface area contributed by atoms with Crippen molar-refractivity contribution in [2.75, 3.05) is 24.3 Å². The van der Waals surface area contributed by atoms with Crippen LogP contribution in [-0.4, -0.2) is 24.1 Å². The van der Waals surface area contributed by atoms with Gasteiger partial charge >= 0.3 is 0 Å². The topological polar surface area (TPSA) is 41.1 Å². The Morgan fingerprint density at radius 3 is 2.44 bits per heavy atom. The fourth-order valence-electron chi connectivity index (χ4n) is 1.61. The molecule has 1 N–H and O–H groups in total. The smallest absolute Gasteiger partial charge is 0.229 e. The molecule has 0 atom stereocenters. The van der Waals surface area contributed by atoms with Crippen molar-refractivity contribution in [3.05, 3.63) is 41.8 Å². The molecule has 0 aliphatic carbocycles. The van der Waals surface area contributed by atoms with Gasteiger partial charge in [0, 0.05) is 31.5 Å². The van der Waals surface area contributed by atoms with E-state index in [1.807, 2.05) is 25.9 Å². The van der Waals surface area contributed by atoms with Crippen LogP contribution >= 0.6 is 0 Å². The Hall–Kier alpha value is -2.17. The number of hydrogen-bond donors (Lipinski definition) is 1. The summed E-state index contributed by atoms with van der Waals surface area (Å²) in [6, 6.07) is 6.08. The minimum Gasteiger partial charge on any atom is -0.362 e. The van der Waals surface area contributed by atoms with Crippen molar-refractivity contribution in [3.63, 3.8) is 0 Å². The van der Waals surface area contributed by atoms with Crippen LogP contribution in [0.15, 0.2) is 30.5 Å². The van der Waals surface area contributed by atoms with Gasteiger partial charge in [-0.15, -0.1) is 0 Å². The van der Waals surface area contributed by atoms with Gasteiger partial charge in [0.25, 0.3) is 0 Å². The summed E-state index contributed by atoms with van der Waals surface area (Å²) < 4.78 is 12.8. The Kier molecular flexibility index (Phi) is 3.41. The second kappa shape index (κ2) is 5.00. The standard InChI is InChI=1S/C13H15FN4/c1-9-8-15-13(17-12(9)18(2)3)16-11-6-4-10(14)5-7-11/h4-8H,1-3H3,(H,15,16,17). The molecule has 1 aromatic heterocycles. The van der Waals surface area contributed by atoms with Gasteiger partial charge in [0.15, 0.2) is 0 Å². The predicted octanol–water partition coefficient (Wildman–Crippen LogP) is 2.73. The highest BCUT2D eigenvalue weighted by atomic mass is 19.1. The second-order valence-electron chi connectivity index (χ2n) is 4.23. The highest BCUT2D eigenvalue weighted by molar-refractivity contribution is 5.56. The molecule has 0 bridgehead atoms. The van der Waals surface area contributed by atoms with E-state index in [4.69, 9.17) is 0 Å². The molecule has 1 heterocycles. The largest absolute Gasteiger partial charge is 0.362 e. The van der Waals surface area contributed by atoms with Crippen LogP contribution in [0.4, 0.5) is 21.8 Å². The quantitative estimate of drug-likeness (QED) is 0.904. The lowest BCUT2D eigenvalue weighted by Crippen LogP contribution is -2.13. The summed E-state index contributed by atoms with van der Waals surface area (Å²) in [4.78, 5) is 10.5. The Morgan fingerprint density at radius 2 is 1.83 bits per heavy atom. The number of aryl methyl sites for hydroxylation is 1. The minimum absolute atomic E-state index is 0.264. The van der Waals surface area contributed by atoms with Crippen LogP contribution in [0, 0.1) is 12.7 Å². The van der Waals surface area contributed by atoms with E-state index in [-0.39, 0.29) is 5.82 Å². The van der Waals surface area contributed by atoms with Gasteiger partial charge < -0.3 is 10.2 Å². The minimum atomic E-state index is -0.264. The van der Waals surface area contributed by atoms with Crippen LogP contribution in [0.2, 0.25) is 0 Å². The molecule has 0 saturated heterocycles. The van der Waals surface area contributed by atoms with E-state index in [1.165, 1.54) is 12.1 Å². The lowest BCUT2D eigenvalue weighted by atomic mass is 10.3. The van der Waals surface area contributed by atoms with Gasteiger partial charge in [0.1, 0.15) is 11.6 Å². The lowest BCUT2D eigenvalue weighted by Gasteiger charge is -2.15. The molecule has 4 nitrogen and oxygen atoms in total. The lowest BCUT2D eigenvalue weighted by molar-refractivity contribution is 0.628. The van der Waals surface area contributed by atoms with Gasteiger partial charge in [-0.25, -0.2) is 9.37 Å². The van der Waals surface area contributed by atoms with E-state index >= 15 is 0 Å². The molecule has 2 rings (SSSR count). The second-order valence-corrected chi connectivity index (χ2v) is 4.23. The fourth-order valence-corrected chi connectivity index (χ4v) is 1.61. The van der Waals surface area contributed by atoms with Crippen LogP contribution in [-0.2, 0) is 0 Å². The third-order valence-electron chi connectivity index (χ3n) is 2.47. The molecule has 1 aromatic carbocycles. The summed E-state index contributed by atoms with van der Waals surface area (Å²) in [6.45, 7) is 1.96. The number of benzene rings is 1. The fraction of sp³-hybridized carbons (Fsp3) is 0.231. The first-order valence-corrected chi connectivity index (χ1v) is 5.60. The van der Waals surface area contributed by atoms with Crippen molar-refractivity contribution < 1.29 is 4.39 Å². The van der Waals surface area contributed by atoms with Gasteiger partial charge in [-0.2, -0.15) is 4.98 Å². The van der Waals surface area contributed by atoms with E-state index in [1.54, 1.807) is 18.3 Å². The first-order valence-electron chi connectivity index (χ1n) is 5.60. The monoisotopic (exact) mass is 246 g/mol.